The number of aromatic nitrogens is 3. The standard InChI is InChI=1S/C15H27N3O6/c1-4-7-10-19-22-13-16-14(23-20-11-8-5-2)18-15(17-13)24-21-12-9-6-3/h4-12H2,1-3H3. The van der Waals surface area contributed by atoms with Crippen molar-refractivity contribution in [3.63, 3.8) is 0 Å². The molecule has 9 nitrogen and oxygen atoms in total. The zero-order chi connectivity index (χ0) is 17.5. The molecule has 0 aromatic carbocycles. The molecule has 0 saturated heterocycles. The number of rotatable bonds is 15. The topological polar surface area (TPSA) is 94.1 Å². The van der Waals surface area contributed by atoms with Crippen LogP contribution in [-0.4, -0.2) is 34.8 Å². The summed E-state index contributed by atoms with van der Waals surface area (Å²) in [6.07, 6.45) is 5.54. The molecular weight excluding hydrogens is 318 g/mol. The largest absolute Gasteiger partial charge is 0.362 e. The number of unbranched alkanes of at least 4 members (excludes halogenated alkanes) is 3. The third-order valence-corrected chi connectivity index (χ3v) is 2.72. The van der Waals surface area contributed by atoms with Gasteiger partial charge in [-0.05, 0) is 19.3 Å². The maximum atomic E-state index is 5.01. The van der Waals surface area contributed by atoms with Crippen molar-refractivity contribution in [3.8, 4) is 18.0 Å². The van der Waals surface area contributed by atoms with Crippen molar-refractivity contribution in [1.82, 2.24) is 15.0 Å². The molecule has 0 saturated carbocycles. The second kappa shape index (κ2) is 13.7. The maximum absolute atomic E-state index is 5.01. The minimum Gasteiger partial charge on any atom is -0.295 e. The molecule has 0 fully saturated rings. The van der Waals surface area contributed by atoms with Crippen molar-refractivity contribution in [3.05, 3.63) is 0 Å². The highest BCUT2D eigenvalue weighted by atomic mass is 17.2. The van der Waals surface area contributed by atoms with Crippen LogP contribution in [0.25, 0.3) is 0 Å². The molecule has 0 amide bonds. The van der Waals surface area contributed by atoms with Gasteiger partial charge in [-0.3, -0.25) is 14.7 Å². The minimum atomic E-state index is -0.0933. The summed E-state index contributed by atoms with van der Waals surface area (Å²) in [5, 5.41) is 0. The summed E-state index contributed by atoms with van der Waals surface area (Å²) in [5.74, 6) is 0. The van der Waals surface area contributed by atoms with E-state index in [1.54, 1.807) is 0 Å². The van der Waals surface area contributed by atoms with Crippen LogP contribution in [0.5, 0.6) is 18.0 Å². The van der Waals surface area contributed by atoms with Gasteiger partial charge in [0.15, 0.2) is 0 Å². The molecule has 1 rings (SSSR count). The first-order valence-corrected chi connectivity index (χ1v) is 8.44. The van der Waals surface area contributed by atoms with Gasteiger partial charge in [-0.25, -0.2) is 0 Å². The van der Waals surface area contributed by atoms with Crippen LogP contribution in [-0.2, 0) is 14.7 Å². The smallest absolute Gasteiger partial charge is 0.295 e. The highest BCUT2D eigenvalue weighted by molar-refractivity contribution is 5.07. The molecule has 138 valence electrons. The van der Waals surface area contributed by atoms with E-state index >= 15 is 0 Å². The van der Waals surface area contributed by atoms with Gasteiger partial charge >= 0.3 is 18.0 Å². The Labute approximate surface area is 142 Å². The average molecular weight is 345 g/mol. The molecule has 0 bridgehead atoms. The summed E-state index contributed by atoms with van der Waals surface area (Å²) in [6, 6.07) is -0.280. The van der Waals surface area contributed by atoms with Crippen LogP contribution in [0, 0.1) is 0 Å². The molecule has 0 atom stereocenters. The lowest BCUT2D eigenvalue weighted by molar-refractivity contribution is -0.232. The molecule has 1 heterocycles. The Morgan fingerprint density at radius 3 is 1.08 bits per heavy atom. The quantitative estimate of drug-likeness (QED) is 0.270. The van der Waals surface area contributed by atoms with E-state index < -0.39 is 0 Å². The summed E-state index contributed by atoms with van der Waals surface area (Å²) in [4.78, 5) is 41.8. The van der Waals surface area contributed by atoms with Gasteiger partial charge in [0.2, 0.25) is 0 Å². The highest BCUT2D eigenvalue weighted by Gasteiger charge is 2.13. The summed E-state index contributed by atoms with van der Waals surface area (Å²) in [6.45, 7) is 7.42. The SMILES string of the molecule is CCCCOOc1nc(OOCCCC)nc(OOCCCC)n1. The molecule has 1 aromatic heterocycles. The van der Waals surface area contributed by atoms with Gasteiger partial charge in [-0.1, -0.05) is 40.0 Å². The average Bonchev–Trinajstić information content (AvgIpc) is 2.59. The van der Waals surface area contributed by atoms with E-state index in [0.717, 1.165) is 38.5 Å². The van der Waals surface area contributed by atoms with Crippen molar-refractivity contribution in [2.45, 2.75) is 59.3 Å². The Morgan fingerprint density at radius 2 is 0.833 bits per heavy atom. The van der Waals surface area contributed by atoms with Crippen LogP contribution >= 0.6 is 0 Å². The molecule has 0 aliphatic heterocycles. The summed E-state index contributed by atoms with van der Waals surface area (Å²) in [7, 11) is 0. The van der Waals surface area contributed by atoms with Gasteiger partial charge in [0, 0.05) is 0 Å². The monoisotopic (exact) mass is 345 g/mol. The predicted octanol–water partition coefficient (Wildman–Crippen LogP) is 3.20. The molecule has 1 aromatic rings. The number of hydrogen-bond donors (Lipinski definition) is 0. The number of nitrogens with zero attached hydrogens (tertiary/aromatic N) is 3. The first-order chi connectivity index (χ1) is 11.8. The van der Waals surface area contributed by atoms with Crippen LogP contribution in [0.3, 0.4) is 0 Å². The first-order valence-electron chi connectivity index (χ1n) is 8.44. The Kier molecular flexibility index (Phi) is 11.6. The third-order valence-electron chi connectivity index (χ3n) is 2.72. The molecule has 0 spiro atoms. The fourth-order valence-corrected chi connectivity index (χ4v) is 1.33. The summed E-state index contributed by atoms with van der Waals surface area (Å²) in [5.41, 5.74) is 0. The Morgan fingerprint density at radius 1 is 0.542 bits per heavy atom. The molecule has 0 radical (unpaired) electrons. The highest BCUT2D eigenvalue weighted by Crippen LogP contribution is 2.15. The van der Waals surface area contributed by atoms with E-state index in [4.69, 9.17) is 29.3 Å². The van der Waals surface area contributed by atoms with Gasteiger partial charge in [0.05, 0.1) is 19.8 Å². The lowest BCUT2D eigenvalue weighted by Gasteiger charge is -2.07. The van der Waals surface area contributed by atoms with E-state index in [-0.39, 0.29) is 18.0 Å². The summed E-state index contributed by atoms with van der Waals surface area (Å²) >= 11 is 0. The molecule has 24 heavy (non-hydrogen) atoms. The Balaban J connectivity index is 2.58. The fourth-order valence-electron chi connectivity index (χ4n) is 1.33. The lowest BCUT2D eigenvalue weighted by Crippen LogP contribution is -2.09. The molecule has 0 unspecified atom stereocenters. The van der Waals surface area contributed by atoms with Crippen molar-refractivity contribution in [2.24, 2.45) is 0 Å². The van der Waals surface area contributed by atoms with E-state index in [0.29, 0.717) is 19.8 Å². The van der Waals surface area contributed by atoms with Crippen LogP contribution < -0.4 is 14.7 Å². The normalized spacial score (nSPS) is 10.6. The second-order valence-corrected chi connectivity index (χ2v) is 4.96. The molecule has 0 aliphatic rings. The lowest BCUT2D eigenvalue weighted by atomic mass is 10.4. The molecule has 9 heteroatoms. The minimum absolute atomic E-state index is 0.0933. The van der Waals surface area contributed by atoms with E-state index in [1.165, 1.54) is 0 Å². The second-order valence-electron chi connectivity index (χ2n) is 4.96. The van der Waals surface area contributed by atoms with Crippen molar-refractivity contribution < 1.29 is 29.3 Å². The van der Waals surface area contributed by atoms with E-state index in [1.807, 2.05) is 20.8 Å². The van der Waals surface area contributed by atoms with Crippen molar-refractivity contribution in [1.29, 1.82) is 0 Å². The van der Waals surface area contributed by atoms with Gasteiger partial charge < -0.3 is 0 Å². The molecule has 0 N–H and O–H groups in total. The zero-order valence-corrected chi connectivity index (χ0v) is 14.7. The number of hydrogen-bond acceptors (Lipinski definition) is 9. The Bertz CT molecular complexity index is 361. The van der Waals surface area contributed by atoms with Gasteiger partial charge in [-0.15, -0.1) is 15.0 Å². The van der Waals surface area contributed by atoms with E-state index in [9.17, 15) is 0 Å². The van der Waals surface area contributed by atoms with Crippen molar-refractivity contribution >= 4 is 0 Å². The fraction of sp³-hybridized carbons (Fsp3) is 0.800. The molecule has 0 aliphatic carbocycles. The van der Waals surface area contributed by atoms with Gasteiger partial charge in [0.25, 0.3) is 0 Å². The van der Waals surface area contributed by atoms with Crippen LogP contribution in [0.2, 0.25) is 0 Å². The van der Waals surface area contributed by atoms with E-state index in [2.05, 4.69) is 15.0 Å². The molecular formula is C15H27N3O6. The van der Waals surface area contributed by atoms with Gasteiger partial charge in [0.1, 0.15) is 0 Å². The summed E-state index contributed by atoms with van der Waals surface area (Å²) < 4.78 is 0. The first kappa shape index (κ1) is 20.3. The Hall–Kier alpha value is -1.71. The predicted molar refractivity (Wildman–Crippen MR) is 84.3 cm³/mol. The van der Waals surface area contributed by atoms with Crippen LogP contribution in [0.1, 0.15) is 59.3 Å². The third kappa shape index (κ3) is 9.43. The van der Waals surface area contributed by atoms with Gasteiger partial charge in [-0.2, -0.15) is 14.7 Å². The maximum Gasteiger partial charge on any atom is 0.362 e. The van der Waals surface area contributed by atoms with Crippen molar-refractivity contribution in [2.75, 3.05) is 19.8 Å². The van der Waals surface area contributed by atoms with Crippen LogP contribution in [0.4, 0.5) is 0 Å². The van der Waals surface area contributed by atoms with Crippen LogP contribution in [0.15, 0.2) is 0 Å². The zero-order valence-electron chi connectivity index (χ0n) is 14.7.